The molecule has 0 N–H and O–H groups in total. The normalized spacial score (nSPS) is 19.0. The highest BCUT2D eigenvalue weighted by atomic mass is 16.1. The lowest BCUT2D eigenvalue weighted by molar-refractivity contribution is 0.0988. The average Bonchev–Trinajstić information content (AvgIpc) is 2.60. The molecule has 1 aliphatic rings. The van der Waals surface area contributed by atoms with Gasteiger partial charge in [-0.3, -0.25) is 4.79 Å². The van der Waals surface area contributed by atoms with E-state index in [1.54, 1.807) is 0 Å². The highest BCUT2D eigenvalue weighted by Gasteiger charge is 2.10. The molecule has 1 aromatic carbocycles. The van der Waals surface area contributed by atoms with Gasteiger partial charge >= 0.3 is 0 Å². The summed E-state index contributed by atoms with van der Waals surface area (Å²) < 4.78 is 0. The summed E-state index contributed by atoms with van der Waals surface area (Å²) in [7, 11) is 0. The molecule has 0 unspecified atom stereocenters. The molecule has 19 heavy (non-hydrogen) atoms. The number of carbonyl (C=O) groups is 1. The summed E-state index contributed by atoms with van der Waals surface area (Å²) in [5, 5.41) is 0. The van der Waals surface area contributed by atoms with Gasteiger partial charge in [-0.2, -0.15) is 0 Å². The number of hydrogen-bond donors (Lipinski definition) is 0. The lowest BCUT2D eigenvalue weighted by Gasteiger charge is -2.17. The third kappa shape index (κ3) is 3.14. The molecule has 0 amide bonds. The second-order valence-electron chi connectivity index (χ2n) is 5.13. The van der Waals surface area contributed by atoms with E-state index in [9.17, 15) is 4.79 Å². The Morgan fingerprint density at radius 1 is 1.32 bits per heavy atom. The Labute approximate surface area is 115 Å². The molecule has 2 heteroatoms. The number of carbonyl (C=O) groups excluding carboxylic acids is 1. The molecule has 0 saturated carbocycles. The molecule has 1 atom stereocenters. The number of hydrogen-bond acceptors (Lipinski definition) is 2. The molecule has 2 nitrogen and oxygen atoms in total. The van der Waals surface area contributed by atoms with Crippen LogP contribution in [0.15, 0.2) is 48.3 Å². The van der Waals surface area contributed by atoms with Crippen LogP contribution in [0.3, 0.4) is 0 Å². The van der Waals surface area contributed by atoms with Crippen molar-refractivity contribution in [3.63, 3.8) is 0 Å². The van der Waals surface area contributed by atoms with Crippen LogP contribution in [-0.2, 0) is 0 Å². The molecule has 1 aromatic rings. The Hall–Kier alpha value is -1.83. The molecule has 0 aliphatic carbocycles. The summed E-state index contributed by atoms with van der Waals surface area (Å²) in [4.78, 5) is 13.7. The first kappa shape index (κ1) is 13.6. The molecule has 100 valence electrons. The van der Waals surface area contributed by atoms with Crippen LogP contribution in [0.25, 0.3) is 0 Å². The smallest absolute Gasteiger partial charge is 0.162 e. The molecule has 1 heterocycles. The molecule has 0 saturated heterocycles. The van der Waals surface area contributed by atoms with Crippen molar-refractivity contribution in [2.75, 3.05) is 4.90 Å². The van der Waals surface area contributed by atoms with E-state index in [0.717, 1.165) is 17.7 Å². The van der Waals surface area contributed by atoms with Gasteiger partial charge in [-0.1, -0.05) is 25.5 Å². The van der Waals surface area contributed by atoms with Gasteiger partial charge < -0.3 is 4.90 Å². The van der Waals surface area contributed by atoms with Crippen molar-refractivity contribution in [2.24, 2.45) is 5.92 Å². The molecule has 2 rings (SSSR count). The maximum Gasteiger partial charge on any atom is 0.162 e. The van der Waals surface area contributed by atoms with Crippen LogP contribution in [0.4, 0.5) is 5.69 Å². The number of ketones is 1. The van der Waals surface area contributed by atoms with Crippen molar-refractivity contribution in [2.45, 2.75) is 33.6 Å². The summed E-state index contributed by atoms with van der Waals surface area (Å²) in [6, 6.07) is 7.83. The van der Waals surface area contributed by atoms with E-state index < -0.39 is 0 Å². The second-order valence-corrected chi connectivity index (χ2v) is 5.13. The summed E-state index contributed by atoms with van der Waals surface area (Å²) >= 11 is 0. The van der Waals surface area contributed by atoms with Gasteiger partial charge in [0.1, 0.15) is 0 Å². The third-order valence-electron chi connectivity index (χ3n) is 3.68. The van der Waals surface area contributed by atoms with E-state index >= 15 is 0 Å². The zero-order chi connectivity index (χ0) is 13.8. The van der Waals surface area contributed by atoms with Gasteiger partial charge in [0.05, 0.1) is 0 Å². The highest BCUT2D eigenvalue weighted by molar-refractivity contribution is 5.96. The minimum absolute atomic E-state index is 0.193. The molecule has 0 bridgehead atoms. The van der Waals surface area contributed by atoms with Crippen LogP contribution in [0, 0.1) is 5.92 Å². The zero-order valence-electron chi connectivity index (χ0n) is 11.9. The fraction of sp³-hybridized carbons (Fsp3) is 0.353. The van der Waals surface area contributed by atoms with Crippen molar-refractivity contribution in [1.29, 1.82) is 0 Å². The molecular weight excluding hydrogens is 234 g/mol. The van der Waals surface area contributed by atoms with Crippen LogP contribution < -0.4 is 4.90 Å². The van der Waals surface area contributed by atoms with Crippen LogP contribution in [0.1, 0.15) is 44.0 Å². The SMILES string of the molecule is CCC(=O)c1ccc(N2C=CC[C@@H](C)C(C)=C2)cc1. The van der Waals surface area contributed by atoms with Gasteiger partial charge in [0.25, 0.3) is 0 Å². The minimum atomic E-state index is 0.193. The van der Waals surface area contributed by atoms with Crippen molar-refractivity contribution in [3.05, 3.63) is 53.9 Å². The van der Waals surface area contributed by atoms with Gasteiger partial charge in [0.15, 0.2) is 5.78 Å². The fourth-order valence-electron chi connectivity index (χ4n) is 2.14. The number of nitrogens with zero attached hydrogens (tertiary/aromatic N) is 1. The molecule has 0 radical (unpaired) electrons. The lowest BCUT2D eigenvalue weighted by atomic mass is 10.0. The van der Waals surface area contributed by atoms with Crippen molar-refractivity contribution >= 4 is 11.5 Å². The molecule has 0 spiro atoms. The standard InChI is InChI=1S/C17H21NO/c1-4-17(19)15-7-9-16(10-8-15)18-11-5-6-13(2)14(3)12-18/h5,7-13H,4,6H2,1-3H3/t13-/m1/s1. The van der Waals surface area contributed by atoms with E-state index in [1.807, 2.05) is 31.2 Å². The van der Waals surface area contributed by atoms with Gasteiger partial charge in [-0.05, 0) is 43.5 Å². The number of benzene rings is 1. The van der Waals surface area contributed by atoms with Crippen LogP contribution >= 0.6 is 0 Å². The molecular formula is C17H21NO. The van der Waals surface area contributed by atoms with E-state index in [0.29, 0.717) is 12.3 Å². The first-order chi connectivity index (χ1) is 9.11. The van der Waals surface area contributed by atoms with Gasteiger partial charge in [-0.15, -0.1) is 0 Å². The van der Waals surface area contributed by atoms with E-state index in [4.69, 9.17) is 0 Å². The van der Waals surface area contributed by atoms with Gasteiger partial charge in [0.2, 0.25) is 0 Å². The number of Topliss-reactive ketones (excluding diaryl/α,β-unsaturated/α-hetero) is 1. The predicted octanol–water partition coefficient (Wildman–Crippen LogP) is 4.54. The van der Waals surface area contributed by atoms with Gasteiger partial charge in [-0.25, -0.2) is 0 Å². The van der Waals surface area contributed by atoms with E-state index in [2.05, 4.69) is 37.2 Å². The summed E-state index contributed by atoms with van der Waals surface area (Å²) in [5.41, 5.74) is 3.26. The maximum absolute atomic E-state index is 11.6. The monoisotopic (exact) mass is 255 g/mol. The Kier molecular flexibility index (Phi) is 4.20. The number of rotatable bonds is 3. The maximum atomic E-state index is 11.6. The summed E-state index contributed by atoms with van der Waals surface area (Å²) in [5.74, 6) is 0.778. The van der Waals surface area contributed by atoms with Crippen molar-refractivity contribution in [1.82, 2.24) is 0 Å². The Balaban J connectivity index is 2.24. The summed E-state index contributed by atoms with van der Waals surface area (Å²) in [6.45, 7) is 6.30. The quantitative estimate of drug-likeness (QED) is 0.739. The predicted molar refractivity (Wildman–Crippen MR) is 80.2 cm³/mol. The Morgan fingerprint density at radius 3 is 2.63 bits per heavy atom. The second kappa shape index (κ2) is 5.87. The average molecular weight is 255 g/mol. The lowest BCUT2D eigenvalue weighted by Crippen LogP contribution is -2.08. The number of allylic oxidation sites excluding steroid dienone is 2. The minimum Gasteiger partial charge on any atom is -0.324 e. The summed E-state index contributed by atoms with van der Waals surface area (Å²) in [6.07, 6.45) is 8.10. The first-order valence-electron chi connectivity index (χ1n) is 6.88. The topological polar surface area (TPSA) is 20.3 Å². The highest BCUT2D eigenvalue weighted by Crippen LogP contribution is 2.24. The number of anilines is 1. The molecule has 0 fully saturated rings. The van der Waals surface area contributed by atoms with Crippen molar-refractivity contribution < 1.29 is 4.79 Å². The largest absolute Gasteiger partial charge is 0.324 e. The van der Waals surface area contributed by atoms with Crippen LogP contribution in [0.2, 0.25) is 0 Å². The molecule has 1 aliphatic heterocycles. The van der Waals surface area contributed by atoms with Crippen LogP contribution in [-0.4, -0.2) is 5.78 Å². The third-order valence-corrected chi connectivity index (χ3v) is 3.68. The van der Waals surface area contributed by atoms with Crippen LogP contribution in [0.5, 0.6) is 0 Å². The zero-order valence-corrected chi connectivity index (χ0v) is 11.9. The van der Waals surface area contributed by atoms with Gasteiger partial charge in [0, 0.05) is 30.1 Å². The fourth-order valence-corrected chi connectivity index (χ4v) is 2.14. The first-order valence-corrected chi connectivity index (χ1v) is 6.88. The Morgan fingerprint density at radius 2 is 2.00 bits per heavy atom. The Bertz CT molecular complexity index is 511. The molecule has 0 aromatic heterocycles. The van der Waals surface area contributed by atoms with E-state index in [-0.39, 0.29) is 5.78 Å². The van der Waals surface area contributed by atoms with Crippen molar-refractivity contribution in [3.8, 4) is 0 Å². The van der Waals surface area contributed by atoms with E-state index in [1.165, 1.54) is 5.57 Å².